The van der Waals surface area contributed by atoms with E-state index in [4.69, 9.17) is 0 Å². The van der Waals surface area contributed by atoms with E-state index in [-0.39, 0.29) is 124 Å². The first-order chi connectivity index (χ1) is 0. The predicted octanol–water partition coefficient (Wildman–Crippen LogP) is -7.13. The fraction of sp³-hybridized carbons (Fsp3) is 0. The van der Waals surface area contributed by atoms with Crippen molar-refractivity contribution >= 4 is 101 Å². The Kier molecular flexibility index (Phi) is 185. The van der Waals surface area contributed by atoms with Crippen molar-refractivity contribution in [1.82, 2.24) is 0 Å². The molecular weight excluding hydrogens is 181 g/mol. The summed E-state index contributed by atoms with van der Waals surface area (Å²) < 4.78 is 0. The van der Waals surface area contributed by atoms with Gasteiger partial charge in [-0.3, -0.25) is 0 Å². The smallest absolute Gasteiger partial charge is 1.00 e. The van der Waals surface area contributed by atoms with E-state index in [1.165, 1.54) is 0 Å². The van der Waals surface area contributed by atoms with Gasteiger partial charge in [0.15, 0.2) is 0 Å². The second-order valence-corrected chi connectivity index (χ2v) is 0. The molecule has 0 aromatic rings. The summed E-state index contributed by atoms with van der Waals surface area (Å²) in [4.78, 5) is 0. The van der Waals surface area contributed by atoms with Gasteiger partial charge in [-0.05, 0) is 0 Å². The van der Waals surface area contributed by atoms with Gasteiger partial charge in [0.1, 0.15) is 0 Å². The number of rotatable bonds is 0. The molecule has 0 rings (SSSR count). The minimum Gasteiger partial charge on any atom is -1.00 e. The zero-order chi connectivity index (χ0) is 0. The molecule has 0 atom stereocenters. The Bertz CT molecular complexity index is 11.6. The van der Waals surface area contributed by atoms with Crippen molar-refractivity contribution in [2.24, 2.45) is 0 Å². The molecule has 0 heterocycles. The summed E-state index contributed by atoms with van der Waals surface area (Å²) in [5, 5.41) is 0. The van der Waals surface area contributed by atoms with Gasteiger partial charge >= 0.3 is 119 Å². The molecule has 0 bridgehead atoms. The van der Waals surface area contributed by atoms with Crippen molar-refractivity contribution in [2.45, 2.75) is 0 Å². The van der Waals surface area contributed by atoms with E-state index >= 15 is 0 Å². The minimum absolute atomic E-state index is 0. The molecule has 0 aliphatic heterocycles. The zero-order valence-electron chi connectivity index (χ0n) is 3.37. The van der Waals surface area contributed by atoms with Gasteiger partial charge in [0.2, 0.25) is 0 Å². The van der Waals surface area contributed by atoms with Crippen molar-refractivity contribution in [3.63, 3.8) is 0 Å². The SMILES string of the molecule is [Al+3].[Ca+2].[F-].[Li+].[Sr+2]. The quantitative estimate of drug-likeness (QED) is 0.325. The first kappa shape index (κ1) is 37.1. The van der Waals surface area contributed by atoms with E-state index in [1.54, 1.807) is 0 Å². The van der Waals surface area contributed by atoms with Crippen LogP contribution in [-0.4, -0.2) is 101 Å². The van der Waals surface area contributed by atoms with Crippen LogP contribution in [0, 0.1) is 0 Å². The summed E-state index contributed by atoms with van der Waals surface area (Å²) in [6, 6.07) is 0. The van der Waals surface area contributed by atoms with Crippen molar-refractivity contribution in [3.8, 4) is 0 Å². The van der Waals surface area contributed by atoms with Gasteiger partial charge in [-0.25, -0.2) is 0 Å². The Morgan fingerprint density at radius 2 is 1.00 bits per heavy atom. The molecule has 0 aromatic carbocycles. The van der Waals surface area contributed by atoms with Crippen LogP contribution in [0.1, 0.15) is 0 Å². The molecular formula is AlCaFLiSr+7. The third kappa shape index (κ3) is 18.2. The van der Waals surface area contributed by atoms with Gasteiger partial charge in [0, 0.05) is 0 Å². The maximum absolute atomic E-state index is 0. The summed E-state index contributed by atoms with van der Waals surface area (Å²) in [5.41, 5.74) is 0. The Hall–Kier alpha value is 3.80. The summed E-state index contributed by atoms with van der Waals surface area (Å²) >= 11 is 0. The van der Waals surface area contributed by atoms with Gasteiger partial charge < -0.3 is 4.70 Å². The third-order valence-corrected chi connectivity index (χ3v) is 0. The normalized spacial score (nSPS) is 0. The van der Waals surface area contributed by atoms with Crippen LogP contribution in [0.5, 0.6) is 0 Å². The van der Waals surface area contributed by atoms with E-state index in [0.717, 1.165) is 0 Å². The Morgan fingerprint density at radius 1 is 1.00 bits per heavy atom. The second kappa shape index (κ2) is 25.0. The van der Waals surface area contributed by atoms with Crippen LogP contribution in [0.15, 0.2) is 0 Å². The molecule has 0 saturated heterocycles. The molecule has 0 unspecified atom stereocenters. The molecule has 5 heteroatoms. The largest absolute Gasteiger partial charge is 3.00 e. The fourth-order valence-corrected chi connectivity index (χ4v) is 0. The summed E-state index contributed by atoms with van der Waals surface area (Å²) in [6.45, 7) is 0. The van der Waals surface area contributed by atoms with Gasteiger partial charge in [0.25, 0.3) is 0 Å². The second-order valence-electron chi connectivity index (χ2n) is 0. The number of hydrogen-bond acceptors (Lipinski definition) is 0. The molecule has 0 fully saturated rings. The van der Waals surface area contributed by atoms with Crippen molar-refractivity contribution in [1.29, 1.82) is 0 Å². The van der Waals surface area contributed by atoms with Gasteiger partial charge in [-0.2, -0.15) is 0 Å². The number of hydrogen-bond donors (Lipinski definition) is 0. The molecule has 0 aliphatic carbocycles. The van der Waals surface area contributed by atoms with Crippen molar-refractivity contribution < 1.29 is 23.6 Å². The first-order valence-corrected chi connectivity index (χ1v) is 0. The van der Waals surface area contributed by atoms with Crippen LogP contribution >= 0.6 is 0 Å². The predicted molar refractivity (Wildman–Crippen MR) is 17.3 cm³/mol. The summed E-state index contributed by atoms with van der Waals surface area (Å²) in [7, 11) is 0. The van der Waals surface area contributed by atoms with Gasteiger partial charge in [-0.1, -0.05) is 0 Å². The van der Waals surface area contributed by atoms with E-state index in [1.807, 2.05) is 0 Å². The topological polar surface area (TPSA) is 0 Å². The van der Waals surface area contributed by atoms with E-state index in [9.17, 15) is 0 Å². The fourth-order valence-electron chi connectivity index (χ4n) is 0. The first-order valence-electron chi connectivity index (χ1n) is 0. The molecule has 0 radical (unpaired) electrons. The molecule has 0 spiro atoms. The van der Waals surface area contributed by atoms with E-state index < -0.39 is 0 Å². The van der Waals surface area contributed by atoms with Gasteiger partial charge in [-0.15, -0.1) is 0 Å². The zero-order valence-corrected chi connectivity index (χ0v) is 10.2. The van der Waals surface area contributed by atoms with Crippen LogP contribution in [-0.2, 0) is 0 Å². The molecule has 0 saturated carbocycles. The Balaban J connectivity index is 0. The van der Waals surface area contributed by atoms with Crippen molar-refractivity contribution in [2.75, 3.05) is 0 Å². The number of halogens is 1. The van der Waals surface area contributed by atoms with Crippen molar-refractivity contribution in [3.05, 3.63) is 0 Å². The average Bonchev–Trinajstić information content (AvgIpc) is 0. The van der Waals surface area contributed by atoms with Crippen LogP contribution in [0.4, 0.5) is 0 Å². The standard InChI is InChI=1S/Al.Ca.FH.Li.Sr/h;;1H;;/q+3;+2;;+1;+2/p-1. The molecule has 0 aliphatic rings. The van der Waals surface area contributed by atoms with Gasteiger partial charge in [0.05, 0.1) is 0 Å². The minimum atomic E-state index is 0. The molecule has 5 heavy (non-hydrogen) atoms. The third-order valence-electron chi connectivity index (χ3n) is 0. The Labute approximate surface area is 121 Å². The monoisotopic (exact) mass is 181 g/mol. The maximum atomic E-state index is 0. The molecule has 0 N–H and O–H groups in total. The van der Waals surface area contributed by atoms with Crippen LogP contribution in [0.25, 0.3) is 0 Å². The van der Waals surface area contributed by atoms with E-state index in [2.05, 4.69) is 0 Å². The van der Waals surface area contributed by atoms with Crippen LogP contribution < -0.4 is 23.6 Å². The summed E-state index contributed by atoms with van der Waals surface area (Å²) in [5.74, 6) is 0. The van der Waals surface area contributed by atoms with Crippen LogP contribution in [0.3, 0.4) is 0 Å². The Morgan fingerprint density at radius 3 is 1.00 bits per heavy atom. The van der Waals surface area contributed by atoms with Crippen LogP contribution in [0.2, 0.25) is 0 Å². The molecule has 0 nitrogen and oxygen atoms in total. The molecule has 8 valence electrons. The van der Waals surface area contributed by atoms with E-state index in [0.29, 0.717) is 0 Å². The summed E-state index contributed by atoms with van der Waals surface area (Å²) in [6.07, 6.45) is 0. The maximum Gasteiger partial charge on any atom is 3.00 e. The molecule has 0 aromatic heterocycles. The molecule has 0 amide bonds. The average molecular weight is 181 g/mol.